The van der Waals surface area contributed by atoms with E-state index in [1.807, 2.05) is 0 Å². The van der Waals surface area contributed by atoms with Crippen molar-refractivity contribution in [3.05, 3.63) is 22.4 Å². The molecule has 0 aromatic carbocycles. The van der Waals surface area contributed by atoms with E-state index in [4.69, 9.17) is 0 Å². The van der Waals surface area contributed by atoms with Gasteiger partial charge in [0.25, 0.3) is 0 Å². The predicted molar refractivity (Wildman–Crippen MR) is 52.0 cm³/mol. The zero-order chi connectivity index (χ0) is 10.6. The molecule has 14 heavy (non-hydrogen) atoms. The highest BCUT2D eigenvalue weighted by atomic mass is 32.2. The van der Waals surface area contributed by atoms with Gasteiger partial charge >= 0.3 is 5.82 Å². The highest BCUT2D eigenvalue weighted by Gasteiger charge is 2.10. The van der Waals surface area contributed by atoms with Crippen LogP contribution in [0.4, 0.5) is 5.82 Å². The number of aromatic nitrogens is 2. The summed E-state index contributed by atoms with van der Waals surface area (Å²) >= 11 is 1.17. The minimum atomic E-state index is -0.547. The Labute approximate surface area is 84.4 Å². The molecule has 0 amide bonds. The van der Waals surface area contributed by atoms with Crippen molar-refractivity contribution in [2.24, 2.45) is 0 Å². The van der Waals surface area contributed by atoms with Crippen LogP contribution in [0.15, 0.2) is 12.3 Å². The molecule has 1 rings (SSSR count). The fraction of sp³-hybridized carbons (Fsp3) is 0.429. The molecule has 7 heteroatoms. The number of rotatable bonds is 4. The van der Waals surface area contributed by atoms with E-state index in [0.29, 0.717) is 12.3 Å². The lowest BCUT2D eigenvalue weighted by atomic mass is 10.6. The molecule has 76 valence electrons. The number of aryl methyl sites for hydroxylation is 1. The summed E-state index contributed by atoms with van der Waals surface area (Å²) in [5.41, 5.74) is 0. The summed E-state index contributed by atoms with van der Waals surface area (Å²) in [7, 11) is 0. The van der Waals surface area contributed by atoms with Crippen molar-refractivity contribution in [3.63, 3.8) is 0 Å². The Kier molecular flexibility index (Phi) is 3.63. The van der Waals surface area contributed by atoms with E-state index in [1.165, 1.54) is 35.6 Å². The lowest BCUT2D eigenvalue weighted by molar-refractivity contribution is -0.389. The molecule has 0 bridgehead atoms. The molecule has 1 heterocycles. The van der Waals surface area contributed by atoms with Gasteiger partial charge in [0.1, 0.15) is 0 Å². The second-order valence-electron chi connectivity index (χ2n) is 2.53. The van der Waals surface area contributed by atoms with E-state index in [9.17, 15) is 14.9 Å². The van der Waals surface area contributed by atoms with Crippen molar-refractivity contribution >= 4 is 22.7 Å². The Morgan fingerprint density at radius 3 is 3.00 bits per heavy atom. The molecule has 0 aliphatic carbocycles. The summed E-state index contributed by atoms with van der Waals surface area (Å²) in [6.07, 6.45) is 1.53. The fourth-order valence-corrected chi connectivity index (χ4v) is 1.42. The first-order valence-corrected chi connectivity index (χ1v) is 4.89. The lowest BCUT2D eigenvalue weighted by Crippen LogP contribution is -2.03. The van der Waals surface area contributed by atoms with Crippen LogP contribution in [0.3, 0.4) is 0 Å². The Balaban J connectivity index is 2.44. The molecular formula is C7H9N3O3S. The lowest BCUT2D eigenvalue weighted by Gasteiger charge is -1.93. The van der Waals surface area contributed by atoms with Gasteiger partial charge in [0.15, 0.2) is 5.12 Å². The summed E-state index contributed by atoms with van der Waals surface area (Å²) in [6.45, 7) is 1.98. The van der Waals surface area contributed by atoms with E-state index in [1.54, 1.807) is 0 Å². The van der Waals surface area contributed by atoms with Crippen LogP contribution in [0, 0.1) is 10.1 Å². The minimum Gasteiger partial charge on any atom is -0.358 e. The van der Waals surface area contributed by atoms with Crippen LogP contribution in [-0.2, 0) is 11.3 Å². The van der Waals surface area contributed by atoms with E-state index in [-0.39, 0.29) is 10.9 Å². The molecule has 0 fully saturated rings. The Hall–Kier alpha value is -1.37. The third-order valence-corrected chi connectivity index (χ3v) is 2.23. The van der Waals surface area contributed by atoms with Gasteiger partial charge < -0.3 is 10.1 Å². The molecule has 0 spiro atoms. The predicted octanol–water partition coefficient (Wildman–Crippen LogP) is 1.07. The molecule has 0 atom stereocenters. The van der Waals surface area contributed by atoms with Crippen molar-refractivity contribution < 1.29 is 9.72 Å². The molecule has 0 saturated carbocycles. The molecule has 0 N–H and O–H groups in total. The maximum Gasteiger partial charge on any atom is 0.389 e. The molecule has 0 unspecified atom stereocenters. The first-order chi connectivity index (χ1) is 6.59. The number of nitro groups is 1. The number of carbonyl (C=O) groups excluding carboxylic acids is 1. The maximum atomic E-state index is 10.6. The van der Waals surface area contributed by atoms with Crippen molar-refractivity contribution in [3.8, 4) is 0 Å². The molecule has 0 radical (unpaired) electrons. The molecule has 0 aliphatic rings. The highest BCUT2D eigenvalue weighted by Crippen LogP contribution is 2.07. The van der Waals surface area contributed by atoms with Crippen LogP contribution < -0.4 is 0 Å². The largest absolute Gasteiger partial charge is 0.389 e. The second-order valence-corrected chi connectivity index (χ2v) is 3.81. The van der Waals surface area contributed by atoms with Gasteiger partial charge in [-0.2, -0.15) is 4.68 Å². The van der Waals surface area contributed by atoms with Gasteiger partial charge in [0, 0.05) is 12.7 Å². The van der Waals surface area contributed by atoms with Crippen LogP contribution in [0.2, 0.25) is 0 Å². The van der Waals surface area contributed by atoms with Crippen LogP contribution in [0.1, 0.15) is 6.92 Å². The zero-order valence-corrected chi connectivity index (χ0v) is 8.36. The van der Waals surface area contributed by atoms with Gasteiger partial charge in [-0.3, -0.25) is 4.79 Å². The zero-order valence-electron chi connectivity index (χ0n) is 7.54. The van der Waals surface area contributed by atoms with Crippen molar-refractivity contribution in [2.75, 3.05) is 5.75 Å². The Bertz CT molecular complexity index is 350. The standard InChI is InChI=1S/C7H9N3O3S/c1-6(11)14-5-4-9-3-2-7(8-9)10(12)13/h2-3H,4-5H2,1H3. The number of hydrogen-bond donors (Lipinski definition) is 0. The third-order valence-electron chi connectivity index (χ3n) is 1.44. The number of carbonyl (C=O) groups is 1. The van der Waals surface area contributed by atoms with Crippen LogP contribution in [-0.4, -0.2) is 25.6 Å². The van der Waals surface area contributed by atoms with E-state index < -0.39 is 4.92 Å². The summed E-state index contributed by atoms with van der Waals surface area (Å²) in [4.78, 5) is 20.3. The first kappa shape index (κ1) is 10.7. The number of nitrogens with zero attached hydrogens (tertiary/aromatic N) is 3. The quantitative estimate of drug-likeness (QED) is 0.554. The van der Waals surface area contributed by atoms with Crippen molar-refractivity contribution in [2.45, 2.75) is 13.5 Å². The van der Waals surface area contributed by atoms with E-state index in [0.717, 1.165) is 0 Å². The number of hydrogen-bond acceptors (Lipinski definition) is 5. The molecule has 0 saturated heterocycles. The Morgan fingerprint density at radius 2 is 2.50 bits per heavy atom. The first-order valence-electron chi connectivity index (χ1n) is 3.91. The average molecular weight is 215 g/mol. The van der Waals surface area contributed by atoms with Crippen LogP contribution >= 0.6 is 11.8 Å². The topological polar surface area (TPSA) is 78.0 Å². The van der Waals surface area contributed by atoms with Gasteiger partial charge in [-0.05, 0) is 4.92 Å². The molecular weight excluding hydrogens is 206 g/mol. The fourth-order valence-electron chi connectivity index (χ4n) is 0.856. The monoisotopic (exact) mass is 215 g/mol. The summed E-state index contributed by atoms with van der Waals surface area (Å²) < 4.78 is 1.45. The van der Waals surface area contributed by atoms with E-state index >= 15 is 0 Å². The minimum absolute atomic E-state index is 0.0339. The van der Waals surface area contributed by atoms with E-state index in [2.05, 4.69) is 5.10 Å². The van der Waals surface area contributed by atoms with Gasteiger partial charge in [0.2, 0.25) is 0 Å². The van der Waals surface area contributed by atoms with Crippen LogP contribution in [0.25, 0.3) is 0 Å². The second kappa shape index (κ2) is 4.75. The SMILES string of the molecule is CC(=O)SCCn1ccc([N+](=O)[O-])n1. The van der Waals surface area contributed by atoms with Crippen molar-refractivity contribution in [1.82, 2.24) is 9.78 Å². The normalized spacial score (nSPS) is 10.1. The summed E-state index contributed by atoms with van der Waals surface area (Å²) in [5, 5.41) is 14.0. The molecule has 0 aliphatic heterocycles. The van der Waals surface area contributed by atoms with Gasteiger partial charge in [0.05, 0.1) is 23.9 Å². The summed E-state index contributed by atoms with van der Waals surface area (Å²) in [5.74, 6) is 0.409. The smallest absolute Gasteiger partial charge is 0.358 e. The molecule has 1 aromatic heterocycles. The van der Waals surface area contributed by atoms with Gasteiger partial charge in [-0.15, -0.1) is 0 Å². The molecule has 6 nitrogen and oxygen atoms in total. The highest BCUT2D eigenvalue weighted by molar-refractivity contribution is 8.13. The Morgan fingerprint density at radius 1 is 1.79 bits per heavy atom. The number of thioether (sulfide) groups is 1. The molecule has 1 aromatic rings. The van der Waals surface area contributed by atoms with Gasteiger partial charge in [-0.25, -0.2) is 0 Å². The van der Waals surface area contributed by atoms with Crippen molar-refractivity contribution in [1.29, 1.82) is 0 Å². The average Bonchev–Trinajstić information content (AvgIpc) is 2.52. The maximum absolute atomic E-state index is 10.6. The summed E-state index contributed by atoms with van der Waals surface area (Å²) in [6, 6.07) is 1.33. The third kappa shape index (κ3) is 3.17. The van der Waals surface area contributed by atoms with Crippen LogP contribution in [0.5, 0.6) is 0 Å². The van der Waals surface area contributed by atoms with Gasteiger partial charge in [-0.1, -0.05) is 11.8 Å².